The third kappa shape index (κ3) is 4.33. The van der Waals surface area contributed by atoms with Gasteiger partial charge in [0.1, 0.15) is 0 Å². The number of benzene rings is 2. The molecule has 1 aliphatic rings. The monoisotopic (exact) mass is 501 g/mol. The smallest absolute Gasteiger partial charge is 0.253 e. The van der Waals surface area contributed by atoms with Gasteiger partial charge >= 0.3 is 0 Å². The van der Waals surface area contributed by atoms with Crippen molar-refractivity contribution in [1.82, 2.24) is 13.8 Å². The van der Waals surface area contributed by atoms with E-state index in [0.717, 1.165) is 21.5 Å². The number of rotatable bonds is 4. The fourth-order valence-electron chi connectivity index (χ4n) is 3.90. The summed E-state index contributed by atoms with van der Waals surface area (Å²) in [4.78, 5) is 14.9. The second kappa shape index (κ2) is 8.61. The lowest BCUT2D eigenvalue weighted by atomic mass is 10.1. The molecule has 4 rings (SSSR count). The zero-order chi connectivity index (χ0) is 22.2. The number of aryl methyl sites for hydroxylation is 2. The summed E-state index contributed by atoms with van der Waals surface area (Å²) in [5.41, 5.74) is 3.90. The highest BCUT2D eigenvalue weighted by molar-refractivity contribution is 9.10. The average Bonchev–Trinajstić information content (AvgIpc) is 3.11. The summed E-state index contributed by atoms with van der Waals surface area (Å²) in [5.74, 6) is -0.0758. The van der Waals surface area contributed by atoms with Gasteiger partial charge in [-0.15, -0.1) is 0 Å². The summed E-state index contributed by atoms with van der Waals surface area (Å²) < 4.78 is 30.1. The van der Waals surface area contributed by atoms with Gasteiger partial charge in [0.05, 0.1) is 4.90 Å². The van der Waals surface area contributed by atoms with Crippen LogP contribution in [0.2, 0.25) is 0 Å². The Hall–Kier alpha value is -2.42. The van der Waals surface area contributed by atoms with E-state index in [-0.39, 0.29) is 23.9 Å². The van der Waals surface area contributed by atoms with Crippen molar-refractivity contribution in [3.05, 3.63) is 82.1 Å². The van der Waals surface area contributed by atoms with Gasteiger partial charge in [-0.1, -0.05) is 15.9 Å². The van der Waals surface area contributed by atoms with Crippen LogP contribution in [-0.4, -0.2) is 54.3 Å². The quantitative estimate of drug-likeness (QED) is 0.542. The minimum absolute atomic E-state index is 0.0758. The van der Waals surface area contributed by atoms with Crippen molar-refractivity contribution < 1.29 is 13.2 Å². The second-order valence-electron chi connectivity index (χ2n) is 7.65. The Labute approximate surface area is 191 Å². The van der Waals surface area contributed by atoms with Gasteiger partial charge in [0, 0.05) is 53.3 Å². The molecule has 0 radical (unpaired) electrons. The third-order valence-electron chi connectivity index (χ3n) is 5.62. The van der Waals surface area contributed by atoms with Crippen molar-refractivity contribution >= 4 is 31.9 Å². The minimum Gasteiger partial charge on any atom is -0.336 e. The molecule has 1 aromatic heterocycles. The highest BCUT2D eigenvalue weighted by atomic mass is 79.9. The molecule has 6 nitrogen and oxygen atoms in total. The maximum Gasteiger partial charge on any atom is 0.253 e. The lowest BCUT2D eigenvalue weighted by molar-refractivity contribution is 0.0698. The molecule has 8 heteroatoms. The molecule has 162 valence electrons. The molecule has 0 N–H and O–H groups in total. The van der Waals surface area contributed by atoms with E-state index in [4.69, 9.17) is 0 Å². The maximum atomic E-state index is 12.9. The number of aromatic nitrogens is 1. The Bertz CT molecular complexity index is 1170. The summed E-state index contributed by atoms with van der Waals surface area (Å²) in [5, 5.41) is 0. The SMILES string of the molecule is Cc1ccc(C)n1-c1ccc(C(=O)N2CCN(S(=O)(=O)c3ccc(Br)cc3)CC2)cc1. The van der Waals surface area contributed by atoms with Crippen molar-refractivity contribution in [3.8, 4) is 5.69 Å². The number of carbonyl (C=O) groups is 1. The molecule has 31 heavy (non-hydrogen) atoms. The molecule has 0 saturated carbocycles. The topological polar surface area (TPSA) is 62.6 Å². The zero-order valence-corrected chi connectivity index (χ0v) is 19.9. The van der Waals surface area contributed by atoms with Crippen molar-refractivity contribution in [2.45, 2.75) is 18.7 Å². The first-order valence-electron chi connectivity index (χ1n) is 10.1. The molecule has 0 atom stereocenters. The molecule has 1 saturated heterocycles. The van der Waals surface area contributed by atoms with Crippen LogP contribution in [0.15, 0.2) is 70.0 Å². The molecule has 1 fully saturated rings. The summed E-state index contributed by atoms with van der Waals surface area (Å²) in [7, 11) is -3.56. The Morgan fingerprint density at radius 3 is 1.90 bits per heavy atom. The Kier molecular flexibility index (Phi) is 6.05. The fourth-order valence-corrected chi connectivity index (χ4v) is 5.59. The van der Waals surface area contributed by atoms with Gasteiger partial charge in [-0.2, -0.15) is 4.31 Å². The van der Waals surface area contributed by atoms with Crippen molar-refractivity contribution in [1.29, 1.82) is 0 Å². The van der Waals surface area contributed by atoms with E-state index in [2.05, 4.69) is 32.6 Å². The minimum atomic E-state index is -3.56. The zero-order valence-electron chi connectivity index (χ0n) is 17.5. The van der Waals surface area contributed by atoms with E-state index in [9.17, 15) is 13.2 Å². The molecule has 0 bridgehead atoms. The number of nitrogens with zero attached hydrogens (tertiary/aromatic N) is 3. The number of amides is 1. The molecule has 1 aliphatic heterocycles. The number of sulfonamides is 1. The van der Waals surface area contributed by atoms with Crippen LogP contribution in [0.1, 0.15) is 21.7 Å². The van der Waals surface area contributed by atoms with E-state index in [1.54, 1.807) is 29.2 Å². The van der Waals surface area contributed by atoms with Crippen LogP contribution in [0.3, 0.4) is 0 Å². The van der Waals surface area contributed by atoms with E-state index < -0.39 is 10.0 Å². The van der Waals surface area contributed by atoms with Crippen molar-refractivity contribution in [2.24, 2.45) is 0 Å². The van der Waals surface area contributed by atoms with Gasteiger partial charge in [-0.25, -0.2) is 8.42 Å². The molecular formula is C23H24BrN3O3S. The van der Waals surface area contributed by atoms with Gasteiger partial charge < -0.3 is 9.47 Å². The van der Waals surface area contributed by atoms with Crippen LogP contribution < -0.4 is 0 Å². The van der Waals surface area contributed by atoms with Crippen LogP contribution in [0.25, 0.3) is 5.69 Å². The summed E-state index contributed by atoms with van der Waals surface area (Å²) in [6, 6.07) is 18.3. The Morgan fingerprint density at radius 1 is 0.806 bits per heavy atom. The van der Waals surface area contributed by atoms with Crippen molar-refractivity contribution in [3.63, 3.8) is 0 Å². The Balaban J connectivity index is 1.43. The van der Waals surface area contributed by atoms with Crippen LogP contribution >= 0.6 is 15.9 Å². The van der Waals surface area contributed by atoms with Crippen molar-refractivity contribution in [2.75, 3.05) is 26.2 Å². The lowest BCUT2D eigenvalue weighted by Gasteiger charge is -2.34. The highest BCUT2D eigenvalue weighted by Crippen LogP contribution is 2.21. The van der Waals surface area contributed by atoms with E-state index in [1.807, 2.05) is 38.1 Å². The first kappa shape index (κ1) is 21.8. The largest absolute Gasteiger partial charge is 0.336 e. The molecular weight excluding hydrogens is 478 g/mol. The lowest BCUT2D eigenvalue weighted by Crippen LogP contribution is -2.50. The van der Waals surface area contributed by atoms with Gasteiger partial charge in [0.15, 0.2) is 0 Å². The number of halogens is 1. The normalized spacial score (nSPS) is 15.3. The second-order valence-corrected chi connectivity index (χ2v) is 10.5. The maximum absolute atomic E-state index is 12.9. The summed E-state index contributed by atoms with van der Waals surface area (Å²) >= 11 is 3.32. The van der Waals surface area contributed by atoms with E-state index >= 15 is 0 Å². The number of piperazine rings is 1. The molecule has 0 unspecified atom stereocenters. The van der Waals surface area contributed by atoms with Crippen LogP contribution in [0, 0.1) is 13.8 Å². The fraction of sp³-hybridized carbons (Fsp3) is 0.261. The molecule has 2 aromatic carbocycles. The predicted octanol–water partition coefficient (Wildman–Crippen LogP) is 4.00. The molecule has 0 spiro atoms. The molecule has 2 heterocycles. The van der Waals surface area contributed by atoms with Gasteiger partial charge in [0.25, 0.3) is 5.91 Å². The van der Waals surface area contributed by atoms with Gasteiger partial charge in [-0.05, 0) is 74.5 Å². The Morgan fingerprint density at radius 2 is 1.35 bits per heavy atom. The van der Waals surface area contributed by atoms with Crippen LogP contribution in [0.5, 0.6) is 0 Å². The number of carbonyl (C=O) groups excluding carboxylic acids is 1. The first-order chi connectivity index (χ1) is 14.8. The van der Waals surface area contributed by atoms with Gasteiger partial charge in [0.2, 0.25) is 10.0 Å². The predicted molar refractivity (Wildman–Crippen MR) is 124 cm³/mol. The molecule has 0 aliphatic carbocycles. The number of hydrogen-bond acceptors (Lipinski definition) is 3. The van der Waals surface area contributed by atoms with E-state index in [1.165, 1.54) is 4.31 Å². The third-order valence-corrected chi connectivity index (χ3v) is 8.06. The average molecular weight is 502 g/mol. The summed E-state index contributed by atoms with van der Waals surface area (Å²) in [6.07, 6.45) is 0. The van der Waals surface area contributed by atoms with Gasteiger partial charge in [-0.3, -0.25) is 4.79 Å². The summed E-state index contributed by atoms with van der Waals surface area (Å²) in [6.45, 7) is 5.40. The number of hydrogen-bond donors (Lipinski definition) is 0. The van der Waals surface area contributed by atoms with Crippen LogP contribution in [0.4, 0.5) is 0 Å². The first-order valence-corrected chi connectivity index (χ1v) is 12.3. The molecule has 3 aromatic rings. The molecule has 1 amide bonds. The van der Waals surface area contributed by atoms with Crippen LogP contribution in [-0.2, 0) is 10.0 Å². The standard InChI is InChI=1S/C23H24BrN3O3S/c1-17-3-4-18(2)27(17)21-9-5-19(6-10-21)23(28)25-13-15-26(16-14-25)31(29,30)22-11-7-20(24)8-12-22/h3-12H,13-16H2,1-2H3. The van der Waals surface area contributed by atoms with E-state index in [0.29, 0.717) is 18.7 Å². The highest BCUT2D eigenvalue weighted by Gasteiger charge is 2.30.